The van der Waals surface area contributed by atoms with E-state index in [0.717, 1.165) is 16.9 Å². The molecule has 1 saturated carbocycles. The van der Waals surface area contributed by atoms with Crippen molar-refractivity contribution >= 4 is 17.6 Å². The Balaban J connectivity index is 1.66. The van der Waals surface area contributed by atoms with Gasteiger partial charge in [0.05, 0.1) is 0 Å². The summed E-state index contributed by atoms with van der Waals surface area (Å²) in [4.78, 5) is 16.2. The molecule has 1 atom stereocenters. The summed E-state index contributed by atoms with van der Waals surface area (Å²) in [5, 5.41) is 9.14. The molecule has 0 spiro atoms. The largest absolute Gasteiger partial charge is 0.435 e. The van der Waals surface area contributed by atoms with Crippen LogP contribution in [-0.2, 0) is 6.18 Å². The first-order valence-corrected chi connectivity index (χ1v) is 8.89. The van der Waals surface area contributed by atoms with Crippen LogP contribution in [0.15, 0.2) is 36.8 Å². The Hall–Kier alpha value is -3.38. The zero-order chi connectivity index (χ0) is 21.4. The van der Waals surface area contributed by atoms with Crippen molar-refractivity contribution < 1.29 is 22.0 Å². The summed E-state index contributed by atoms with van der Waals surface area (Å²) in [6, 6.07) is 3.46. The van der Waals surface area contributed by atoms with Crippen molar-refractivity contribution in [2.75, 3.05) is 10.6 Å². The lowest BCUT2D eigenvalue weighted by molar-refractivity contribution is -0.141. The third-order valence-electron chi connectivity index (χ3n) is 4.38. The highest BCUT2D eigenvalue weighted by atomic mass is 19.4. The van der Waals surface area contributed by atoms with Crippen LogP contribution in [0, 0.1) is 0 Å². The zero-order valence-corrected chi connectivity index (χ0v) is 15.2. The summed E-state index contributed by atoms with van der Waals surface area (Å²) in [7, 11) is 0. The molecule has 1 aliphatic carbocycles. The minimum Gasteiger partial charge on any atom is -0.351 e. The highest BCUT2D eigenvalue weighted by Gasteiger charge is 2.39. The molecule has 3 aromatic rings. The number of nitrogens with zero attached hydrogens (tertiary/aromatic N) is 6. The molecule has 0 bridgehead atoms. The molecule has 13 heteroatoms. The van der Waals surface area contributed by atoms with Gasteiger partial charge in [-0.2, -0.15) is 33.2 Å². The Kier molecular flexibility index (Phi) is 4.95. The van der Waals surface area contributed by atoms with Crippen molar-refractivity contribution in [3.05, 3.63) is 42.5 Å². The Bertz CT molecular complexity index is 1020. The Morgan fingerprint density at radius 1 is 1.03 bits per heavy atom. The zero-order valence-electron chi connectivity index (χ0n) is 15.2. The molecule has 3 aromatic heterocycles. The molecular formula is C17H15F5N8. The molecule has 158 valence electrons. The topological polar surface area (TPSA) is 93.4 Å². The third-order valence-corrected chi connectivity index (χ3v) is 4.38. The minimum absolute atomic E-state index is 0.00233. The van der Waals surface area contributed by atoms with E-state index in [0.29, 0.717) is 5.69 Å². The number of nitrogens with one attached hydrogen (secondary N) is 2. The van der Waals surface area contributed by atoms with Gasteiger partial charge in [-0.3, -0.25) is 4.98 Å². The Labute approximate surface area is 166 Å². The van der Waals surface area contributed by atoms with Gasteiger partial charge in [-0.05, 0) is 24.6 Å². The summed E-state index contributed by atoms with van der Waals surface area (Å²) in [6.45, 7) is 0. The molecule has 4 rings (SSSR count). The van der Waals surface area contributed by atoms with Crippen LogP contribution in [0.4, 0.5) is 39.5 Å². The molecule has 3 heterocycles. The van der Waals surface area contributed by atoms with Gasteiger partial charge in [-0.1, -0.05) is 0 Å². The fourth-order valence-corrected chi connectivity index (χ4v) is 2.99. The van der Waals surface area contributed by atoms with Crippen molar-refractivity contribution in [3.63, 3.8) is 0 Å². The van der Waals surface area contributed by atoms with Gasteiger partial charge in [0.1, 0.15) is 0 Å². The van der Waals surface area contributed by atoms with E-state index in [1.165, 1.54) is 12.4 Å². The van der Waals surface area contributed by atoms with E-state index in [1.54, 1.807) is 12.1 Å². The second kappa shape index (κ2) is 7.46. The van der Waals surface area contributed by atoms with Crippen LogP contribution in [0.3, 0.4) is 0 Å². The van der Waals surface area contributed by atoms with Crippen LogP contribution >= 0.6 is 0 Å². The number of hydrogen-bond acceptors (Lipinski definition) is 7. The summed E-state index contributed by atoms with van der Waals surface area (Å²) in [5.74, 6) is -3.04. The number of rotatable bonds is 5. The molecule has 2 N–H and O–H groups in total. The van der Waals surface area contributed by atoms with Crippen LogP contribution < -0.4 is 10.6 Å². The molecule has 1 aliphatic rings. The summed E-state index contributed by atoms with van der Waals surface area (Å²) in [6.07, 6.45) is -0.976. The van der Waals surface area contributed by atoms with Crippen molar-refractivity contribution in [2.45, 2.75) is 37.4 Å². The summed E-state index contributed by atoms with van der Waals surface area (Å²) in [5.41, 5.74) is -0.548. The lowest BCUT2D eigenvalue weighted by atomic mass is 10.2. The molecular weight excluding hydrogens is 411 g/mol. The predicted octanol–water partition coefficient (Wildman–Crippen LogP) is 3.81. The van der Waals surface area contributed by atoms with Crippen molar-refractivity contribution in [3.8, 4) is 5.95 Å². The van der Waals surface area contributed by atoms with E-state index in [1.807, 2.05) is 0 Å². The van der Waals surface area contributed by atoms with Crippen LogP contribution in [-0.4, -0.2) is 41.7 Å². The molecule has 1 fully saturated rings. The van der Waals surface area contributed by atoms with Crippen LogP contribution in [0.2, 0.25) is 0 Å². The first-order chi connectivity index (χ1) is 14.2. The average Bonchev–Trinajstić information content (AvgIpc) is 3.29. The van der Waals surface area contributed by atoms with Gasteiger partial charge in [-0.25, -0.2) is 13.5 Å². The molecule has 30 heavy (non-hydrogen) atoms. The molecule has 0 aromatic carbocycles. The molecule has 0 amide bonds. The Morgan fingerprint density at radius 2 is 1.77 bits per heavy atom. The van der Waals surface area contributed by atoms with Crippen molar-refractivity contribution in [2.24, 2.45) is 0 Å². The summed E-state index contributed by atoms with van der Waals surface area (Å²) < 4.78 is 66.5. The normalized spacial score (nSPS) is 18.4. The molecule has 0 radical (unpaired) electrons. The molecule has 0 saturated heterocycles. The van der Waals surface area contributed by atoms with E-state index in [-0.39, 0.29) is 37.1 Å². The predicted molar refractivity (Wildman–Crippen MR) is 95.7 cm³/mol. The lowest BCUT2D eigenvalue weighted by Crippen LogP contribution is -2.21. The number of anilines is 3. The van der Waals surface area contributed by atoms with Gasteiger partial charge < -0.3 is 10.6 Å². The number of halogens is 5. The Morgan fingerprint density at radius 3 is 2.40 bits per heavy atom. The number of hydrogen-bond donors (Lipinski definition) is 2. The maximum Gasteiger partial charge on any atom is 0.435 e. The second-order valence-corrected chi connectivity index (χ2v) is 6.73. The quantitative estimate of drug-likeness (QED) is 0.599. The van der Waals surface area contributed by atoms with E-state index < -0.39 is 23.8 Å². The minimum atomic E-state index is -4.63. The highest BCUT2D eigenvalue weighted by molar-refractivity contribution is 5.53. The number of pyridine rings is 1. The number of aromatic nitrogens is 6. The van der Waals surface area contributed by atoms with Crippen LogP contribution in [0.25, 0.3) is 5.95 Å². The first kappa shape index (κ1) is 19.9. The van der Waals surface area contributed by atoms with Gasteiger partial charge >= 0.3 is 6.18 Å². The lowest BCUT2D eigenvalue weighted by Gasteiger charge is -2.14. The SMILES string of the molecule is FC1(F)CC[C@H](Nc2nc(Nc3ccncc3)nc(-n3ccc(C(F)(F)F)n3)n2)C1. The third kappa shape index (κ3) is 4.60. The number of alkyl halides is 5. The summed E-state index contributed by atoms with van der Waals surface area (Å²) >= 11 is 0. The molecule has 0 unspecified atom stereocenters. The molecule has 8 nitrogen and oxygen atoms in total. The van der Waals surface area contributed by atoms with E-state index >= 15 is 0 Å². The maximum absolute atomic E-state index is 13.5. The van der Waals surface area contributed by atoms with Gasteiger partial charge in [0.15, 0.2) is 5.69 Å². The fourth-order valence-electron chi connectivity index (χ4n) is 2.99. The van der Waals surface area contributed by atoms with Gasteiger partial charge in [-0.15, -0.1) is 0 Å². The van der Waals surface area contributed by atoms with E-state index in [4.69, 9.17) is 0 Å². The van der Waals surface area contributed by atoms with Crippen LogP contribution in [0.5, 0.6) is 0 Å². The maximum atomic E-state index is 13.5. The first-order valence-electron chi connectivity index (χ1n) is 8.89. The fraction of sp³-hybridized carbons (Fsp3) is 0.353. The van der Waals surface area contributed by atoms with Crippen molar-refractivity contribution in [1.82, 2.24) is 29.7 Å². The monoisotopic (exact) mass is 426 g/mol. The van der Waals surface area contributed by atoms with E-state index in [9.17, 15) is 22.0 Å². The van der Waals surface area contributed by atoms with Gasteiger partial charge in [0.25, 0.3) is 5.95 Å². The smallest absolute Gasteiger partial charge is 0.351 e. The van der Waals surface area contributed by atoms with E-state index in [2.05, 4.69) is 35.7 Å². The van der Waals surface area contributed by atoms with Crippen LogP contribution in [0.1, 0.15) is 25.0 Å². The highest BCUT2D eigenvalue weighted by Crippen LogP contribution is 2.36. The average molecular weight is 426 g/mol. The van der Waals surface area contributed by atoms with Gasteiger partial charge in [0.2, 0.25) is 17.8 Å². The van der Waals surface area contributed by atoms with Gasteiger partial charge in [0, 0.05) is 43.2 Å². The molecule has 0 aliphatic heterocycles. The standard InChI is InChI=1S/C17H15F5N8/c18-16(19)5-1-11(9-16)25-14-26-13(24-10-2-6-23-7-3-10)27-15(28-14)30-8-4-12(29-30)17(20,21)22/h2-4,6-8,11H,1,5,9H2,(H2,23,24,25,26,27,28)/t11-/m0/s1. The van der Waals surface area contributed by atoms with Crippen molar-refractivity contribution in [1.29, 1.82) is 0 Å². The second-order valence-electron chi connectivity index (χ2n) is 6.73.